The number of aryl methyl sites for hydroxylation is 1. The van der Waals surface area contributed by atoms with Crippen LogP contribution in [0.2, 0.25) is 0 Å². The Morgan fingerprint density at radius 2 is 1.95 bits per heavy atom. The summed E-state index contributed by atoms with van der Waals surface area (Å²) in [5.74, 6) is 0.604. The zero-order valence-corrected chi connectivity index (χ0v) is 11.9. The van der Waals surface area contributed by atoms with Gasteiger partial charge in [0.2, 0.25) is 0 Å². The molecule has 0 atom stereocenters. The molecular formula is C14H12BrNO3. The third kappa shape index (κ3) is 3.32. The number of halogens is 1. The fraction of sp³-hybridized carbons (Fsp3) is 0.143. The van der Waals surface area contributed by atoms with Crippen LogP contribution in [0.1, 0.15) is 11.1 Å². The Balaban J connectivity index is 2.17. The van der Waals surface area contributed by atoms with E-state index in [4.69, 9.17) is 4.74 Å². The van der Waals surface area contributed by atoms with Gasteiger partial charge in [-0.25, -0.2) is 0 Å². The molecule has 0 aliphatic rings. The highest BCUT2D eigenvalue weighted by Crippen LogP contribution is 2.32. The van der Waals surface area contributed by atoms with Gasteiger partial charge in [0.15, 0.2) is 0 Å². The van der Waals surface area contributed by atoms with Crippen LogP contribution in [0.25, 0.3) is 0 Å². The average Bonchev–Trinajstić information content (AvgIpc) is 2.40. The minimum Gasteiger partial charge on any atom is -0.488 e. The molecule has 0 heterocycles. The van der Waals surface area contributed by atoms with Crippen molar-refractivity contribution in [2.75, 3.05) is 0 Å². The number of benzene rings is 2. The van der Waals surface area contributed by atoms with Crippen molar-refractivity contribution in [1.82, 2.24) is 0 Å². The van der Waals surface area contributed by atoms with Crippen LogP contribution in [0.4, 0.5) is 5.69 Å². The van der Waals surface area contributed by atoms with E-state index in [2.05, 4.69) is 15.9 Å². The molecule has 2 aromatic carbocycles. The Morgan fingerprint density at radius 1 is 1.26 bits per heavy atom. The first-order chi connectivity index (χ1) is 9.08. The number of rotatable bonds is 4. The van der Waals surface area contributed by atoms with E-state index < -0.39 is 4.92 Å². The van der Waals surface area contributed by atoms with Gasteiger partial charge in [-0.05, 0) is 34.5 Å². The fourth-order valence-electron chi connectivity index (χ4n) is 1.69. The second-order valence-electron chi connectivity index (χ2n) is 4.10. The van der Waals surface area contributed by atoms with Crippen molar-refractivity contribution in [3.8, 4) is 5.75 Å². The molecule has 2 rings (SSSR count). The maximum absolute atomic E-state index is 10.8. The summed E-state index contributed by atoms with van der Waals surface area (Å²) in [6.07, 6.45) is 0. The van der Waals surface area contributed by atoms with Crippen LogP contribution in [0.15, 0.2) is 46.9 Å². The van der Waals surface area contributed by atoms with E-state index in [0.717, 1.165) is 5.56 Å². The van der Waals surface area contributed by atoms with Crippen LogP contribution in [-0.2, 0) is 6.61 Å². The van der Waals surface area contributed by atoms with Crippen LogP contribution >= 0.6 is 15.9 Å². The summed E-state index contributed by atoms with van der Waals surface area (Å²) < 4.78 is 6.25. The van der Waals surface area contributed by atoms with Crippen LogP contribution < -0.4 is 4.74 Å². The SMILES string of the molecule is Cc1cc(OCc2ccccc2)c(Br)cc1[N+](=O)[O-]. The molecule has 0 aromatic heterocycles. The number of nitro groups is 1. The third-order valence-electron chi connectivity index (χ3n) is 2.68. The molecule has 0 aliphatic heterocycles. The number of nitrogens with zero attached hydrogens (tertiary/aromatic N) is 1. The Bertz CT molecular complexity index is 599. The molecule has 98 valence electrons. The Hall–Kier alpha value is -1.88. The first-order valence-electron chi connectivity index (χ1n) is 5.69. The summed E-state index contributed by atoms with van der Waals surface area (Å²) in [4.78, 5) is 10.4. The van der Waals surface area contributed by atoms with Gasteiger partial charge in [0.25, 0.3) is 5.69 Å². The maximum Gasteiger partial charge on any atom is 0.273 e. The number of ether oxygens (including phenoxy) is 1. The van der Waals surface area contributed by atoms with Gasteiger partial charge in [-0.15, -0.1) is 0 Å². The Kier molecular flexibility index (Phi) is 4.16. The first-order valence-corrected chi connectivity index (χ1v) is 6.48. The molecule has 5 heteroatoms. The van der Waals surface area contributed by atoms with Crippen LogP contribution in [0.3, 0.4) is 0 Å². The predicted octanol–water partition coefficient (Wildman–Crippen LogP) is 4.24. The molecule has 19 heavy (non-hydrogen) atoms. The van der Waals surface area contributed by atoms with Gasteiger partial charge >= 0.3 is 0 Å². The Morgan fingerprint density at radius 3 is 2.58 bits per heavy atom. The van der Waals surface area contributed by atoms with Crippen LogP contribution in [-0.4, -0.2) is 4.92 Å². The van der Waals surface area contributed by atoms with Crippen LogP contribution in [0, 0.1) is 17.0 Å². The highest BCUT2D eigenvalue weighted by Gasteiger charge is 2.14. The summed E-state index contributed by atoms with van der Waals surface area (Å²) in [7, 11) is 0. The zero-order chi connectivity index (χ0) is 13.8. The molecule has 0 aliphatic carbocycles. The summed E-state index contributed by atoms with van der Waals surface area (Å²) in [6, 6.07) is 12.9. The van der Waals surface area contributed by atoms with Gasteiger partial charge in [-0.1, -0.05) is 30.3 Å². The highest BCUT2D eigenvalue weighted by molar-refractivity contribution is 9.10. The quantitative estimate of drug-likeness (QED) is 0.625. The molecular weight excluding hydrogens is 310 g/mol. The van der Waals surface area contributed by atoms with Crippen molar-refractivity contribution in [2.24, 2.45) is 0 Å². The van der Waals surface area contributed by atoms with Gasteiger partial charge in [0.05, 0.1) is 9.40 Å². The molecule has 0 fully saturated rings. The van der Waals surface area contributed by atoms with E-state index in [-0.39, 0.29) is 5.69 Å². The van der Waals surface area contributed by atoms with Crippen molar-refractivity contribution < 1.29 is 9.66 Å². The van der Waals surface area contributed by atoms with Crippen molar-refractivity contribution in [2.45, 2.75) is 13.5 Å². The second-order valence-corrected chi connectivity index (χ2v) is 4.95. The van der Waals surface area contributed by atoms with E-state index in [9.17, 15) is 10.1 Å². The fourth-order valence-corrected chi connectivity index (χ4v) is 2.13. The summed E-state index contributed by atoms with van der Waals surface area (Å²) >= 11 is 3.29. The lowest BCUT2D eigenvalue weighted by atomic mass is 10.2. The van der Waals surface area contributed by atoms with E-state index in [1.807, 2.05) is 30.3 Å². The predicted molar refractivity (Wildman–Crippen MR) is 76.3 cm³/mol. The van der Waals surface area contributed by atoms with Crippen LogP contribution in [0.5, 0.6) is 5.75 Å². The van der Waals surface area contributed by atoms with E-state index >= 15 is 0 Å². The van der Waals surface area contributed by atoms with Gasteiger partial charge in [0.1, 0.15) is 12.4 Å². The van der Waals surface area contributed by atoms with Crippen molar-refractivity contribution >= 4 is 21.6 Å². The number of hydrogen-bond donors (Lipinski definition) is 0. The van der Waals surface area contributed by atoms with Crippen molar-refractivity contribution in [3.63, 3.8) is 0 Å². The van der Waals surface area contributed by atoms with E-state index in [0.29, 0.717) is 22.4 Å². The molecule has 0 bridgehead atoms. The Labute approximate surface area is 119 Å². The summed E-state index contributed by atoms with van der Waals surface area (Å²) in [5, 5.41) is 10.8. The third-order valence-corrected chi connectivity index (χ3v) is 3.30. The lowest BCUT2D eigenvalue weighted by Gasteiger charge is -2.09. The topological polar surface area (TPSA) is 52.4 Å². The number of nitro benzene ring substituents is 1. The molecule has 2 aromatic rings. The van der Waals surface area contributed by atoms with Gasteiger partial charge in [-0.3, -0.25) is 10.1 Å². The summed E-state index contributed by atoms with van der Waals surface area (Å²) in [6.45, 7) is 2.12. The lowest BCUT2D eigenvalue weighted by Crippen LogP contribution is -1.98. The summed E-state index contributed by atoms with van der Waals surface area (Å²) in [5.41, 5.74) is 1.71. The minimum atomic E-state index is -0.402. The largest absolute Gasteiger partial charge is 0.488 e. The molecule has 0 N–H and O–H groups in total. The molecule has 4 nitrogen and oxygen atoms in total. The molecule has 0 spiro atoms. The molecule has 0 saturated carbocycles. The maximum atomic E-state index is 10.8. The lowest BCUT2D eigenvalue weighted by molar-refractivity contribution is -0.385. The molecule has 0 saturated heterocycles. The van der Waals surface area contributed by atoms with Crippen molar-refractivity contribution in [3.05, 3.63) is 68.2 Å². The van der Waals surface area contributed by atoms with E-state index in [1.54, 1.807) is 13.0 Å². The minimum absolute atomic E-state index is 0.0823. The first kappa shape index (κ1) is 13.5. The molecule has 0 amide bonds. The zero-order valence-electron chi connectivity index (χ0n) is 10.3. The molecule has 0 unspecified atom stereocenters. The van der Waals surface area contributed by atoms with Crippen molar-refractivity contribution in [1.29, 1.82) is 0 Å². The standard InChI is InChI=1S/C14H12BrNO3/c1-10-7-14(12(15)8-13(10)16(17)18)19-9-11-5-3-2-4-6-11/h2-8H,9H2,1H3. The van der Waals surface area contributed by atoms with Gasteiger partial charge in [0, 0.05) is 11.6 Å². The monoisotopic (exact) mass is 321 g/mol. The molecule has 0 radical (unpaired) electrons. The smallest absolute Gasteiger partial charge is 0.273 e. The normalized spacial score (nSPS) is 10.2. The van der Waals surface area contributed by atoms with Gasteiger partial charge < -0.3 is 4.74 Å². The highest BCUT2D eigenvalue weighted by atomic mass is 79.9. The van der Waals surface area contributed by atoms with E-state index in [1.165, 1.54) is 6.07 Å². The average molecular weight is 322 g/mol. The number of hydrogen-bond acceptors (Lipinski definition) is 3. The second kappa shape index (κ2) is 5.84. The van der Waals surface area contributed by atoms with Gasteiger partial charge in [-0.2, -0.15) is 0 Å².